The van der Waals surface area contributed by atoms with E-state index in [1.54, 1.807) is 11.3 Å². The van der Waals surface area contributed by atoms with E-state index in [1.165, 1.54) is 0 Å². The van der Waals surface area contributed by atoms with Crippen molar-refractivity contribution in [3.63, 3.8) is 0 Å². The summed E-state index contributed by atoms with van der Waals surface area (Å²) in [4.78, 5) is 0. The molecule has 0 unspecified atom stereocenters. The van der Waals surface area contributed by atoms with Crippen molar-refractivity contribution in [2.24, 2.45) is 0 Å². The van der Waals surface area contributed by atoms with Crippen LogP contribution >= 0.6 is 45.5 Å². The third-order valence-corrected chi connectivity index (χ3v) is 3.87. The Kier molecular flexibility index (Phi) is 3.04. The summed E-state index contributed by atoms with van der Waals surface area (Å²) < 4.78 is 0.949. The Labute approximate surface area is 104 Å². The first-order chi connectivity index (χ1) is 6.66. The molecule has 0 N–H and O–H groups in total. The third kappa shape index (κ3) is 2.07. The van der Waals surface area contributed by atoms with Crippen molar-refractivity contribution in [1.82, 2.24) is 10.2 Å². The number of hydrogen-bond acceptors (Lipinski definition) is 3. The van der Waals surface area contributed by atoms with Crippen molar-refractivity contribution in [3.8, 4) is 10.6 Å². The predicted octanol–water partition coefficient (Wildman–Crippen LogP) is 3.77. The normalized spacial score (nSPS) is 10.5. The number of halogens is 2. The molecule has 0 radical (unpaired) electrons. The Bertz CT molecular complexity index is 470. The van der Waals surface area contributed by atoms with Gasteiger partial charge in [-0.1, -0.05) is 29.0 Å². The number of hydrogen-bond donors (Lipinski definition) is 0. The highest BCUT2D eigenvalue weighted by Gasteiger charge is 2.05. The van der Waals surface area contributed by atoms with Gasteiger partial charge in [0.2, 0.25) is 0 Å². The molecule has 72 valence electrons. The van der Waals surface area contributed by atoms with Crippen LogP contribution in [0, 0.1) is 9.94 Å². The van der Waals surface area contributed by atoms with E-state index in [-0.39, 0.29) is 0 Å². The molecular weight excluding hydrogens is 331 g/mol. The Morgan fingerprint density at radius 2 is 2.14 bits per heavy atom. The minimum atomic E-state index is 0.785. The van der Waals surface area contributed by atoms with Gasteiger partial charge in [0.15, 0.2) is 3.01 Å². The molecular formula is C9H6ClIN2S. The number of benzene rings is 1. The van der Waals surface area contributed by atoms with Gasteiger partial charge in [0.1, 0.15) is 5.01 Å². The van der Waals surface area contributed by atoms with Gasteiger partial charge in [-0.3, -0.25) is 0 Å². The smallest absolute Gasteiger partial charge is 0.137 e. The molecule has 0 aliphatic carbocycles. The molecule has 2 rings (SSSR count). The lowest BCUT2D eigenvalue weighted by atomic mass is 10.1. The maximum Gasteiger partial charge on any atom is 0.178 e. The molecule has 0 bridgehead atoms. The average molecular weight is 337 g/mol. The molecule has 0 atom stereocenters. The molecule has 14 heavy (non-hydrogen) atoms. The highest BCUT2D eigenvalue weighted by molar-refractivity contribution is 14.1. The third-order valence-electron chi connectivity index (χ3n) is 1.81. The van der Waals surface area contributed by atoms with Crippen LogP contribution in [0.4, 0.5) is 0 Å². The van der Waals surface area contributed by atoms with Crippen LogP contribution in [0.2, 0.25) is 5.02 Å². The minimum absolute atomic E-state index is 0.785. The monoisotopic (exact) mass is 336 g/mol. The largest absolute Gasteiger partial charge is 0.178 e. The summed E-state index contributed by atoms with van der Waals surface area (Å²) in [5, 5.41) is 9.77. The molecule has 0 spiro atoms. The van der Waals surface area contributed by atoms with Crippen molar-refractivity contribution < 1.29 is 0 Å². The Morgan fingerprint density at radius 1 is 1.36 bits per heavy atom. The second kappa shape index (κ2) is 4.12. The zero-order valence-electron chi connectivity index (χ0n) is 7.29. The van der Waals surface area contributed by atoms with E-state index in [1.807, 2.05) is 25.1 Å². The lowest BCUT2D eigenvalue weighted by molar-refractivity contribution is 1.07. The van der Waals surface area contributed by atoms with Gasteiger partial charge in [0, 0.05) is 10.6 Å². The number of nitrogens with zero attached hydrogens (tertiary/aromatic N) is 2. The second-order valence-corrected chi connectivity index (χ2v) is 5.96. The van der Waals surface area contributed by atoms with Gasteiger partial charge in [-0.15, -0.1) is 10.2 Å². The Balaban J connectivity index is 2.47. The Hall–Kier alpha value is -0.200. The molecule has 5 heteroatoms. The summed E-state index contributed by atoms with van der Waals surface area (Å²) in [5.74, 6) is 0. The summed E-state index contributed by atoms with van der Waals surface area (Å²) >= 11 is 9.68. The van der Waals surface area contributed by atoms with Crippen molar-refractivity contribution in [2.45, 2.75) is 6.92 Å². The fourth-order valence-corrected chi connectivity index (χ4v) is 2.52. The lowest BCUT2D eigenvalue weighted by Crippen LogP contribution is -1.80. The number of aryl methyl sites for hydroxylation is 1. The molecule has 0 aliphatic heterocycles. The first-order valence-corrected chi connectivity index (χ1v) is 6.19. The standard InChI is InChI=1S/C9H6ClIN2S/c1-5-4-6(2-3-7(5)10)8-12-13-9(11)14-8/h2-4H,1H3. The van der Waals surface area contributed by atoms with Gasteiger partial charge in [-0.25, -0.2) is 0 Å². The van der Waals surface area contributed by atoms with Gasteiger partial charge in [0.05, 0.1) is 0 Å². The van der Waals surface area contributed by atoms with Crippen LogP contribution in [-0.4, -0.2) is 10.2 Å². The molecule has 0 saturated heterocycles. The van der Waals surface area contributed by atoms with E-state index >= 15 is 0 Å². The molecule has 0 saturated carbocycles. The van der Waals surface area contributed by atoms with Gasteiger partial charge in [-0.05, 0) is 47.2 Å². The van der Waals surface area contributed by atoms with Crippen LogP contribution in [0.3, 0.4) is 0 Å². The van der Waals surface area contributed by atoms with E-state index in [2.05, 4.69) is 32.8 Å². The van der Waals surface area contributed by atoms with Crippen LogP contribution in [-0.2, 0) is 0 Å². The zero-order valence-corrected chi connectivity index (χ0v) is 11.0. The fourth-order valence-electron chi connectivity index (χ4n) is 1.10. The van der Waals surface area contributed by atoms with E-state index in [0.29, 0.717) is 0 Å². The van der Waals surface area contributed by atoms with E-state index < -0.39 is 0 Å². The summed E-state index contributed by atoms with van der Waals surface area (Å²) in [6.45, 7) is 1.98. The van der Waals surface area contributed by atoms with Crippen molar-refractivity contribution in [1.29, 1.82) is 0 Å². The maximum absolute atomic E-state index is 5.94. The molecule has 2 nitrogen and oxygen atoms in total. The van der Waals surface area contributed by atoms with E-state index in [0.717, 1.165) is 24.2 Å². The molecule has 1 aromatic heterocycles. The van der Waals surface area contributed by atoms with E-state index in [9.17, 15) is 0 Å². The average Bonchev–Trinajstić information content (AvgIpc) is 2.57. The highest BCUT2D eigenvalue weighted by atomic mass is 127. The number of aromatic nitrogens is 2. The molecule has 2 aromatic rings. The van der Waals surface area contributed by atoms with E-state index in [4.69, 9.17) is 11.6 Å². The molecule has 0 aliphatic rings. The number of rotatable bonds is 1. The second-order valence-electron chi connectivity index (χ2n) is 2.82. The summed E-state index contributed by atoms with van der Waals surface area (Å²) in [7, 11) is 0. The quantitative estimate of drug-likeness (QED) is 0.741. The molecule has 1 aromatic carbocycles. The van der Waals surface area contributed by atoms with Crippen LogP contribution in [0.15, 0.2) is 18.2 Å². The van der Waals surface area contributed by atoms with Gasteiger partial charge < -0.3 is 0 Å². The topological polar surface area (TPSA) is 25.8 Å². The van der Waals surface area contributed by atoms with Crippen LogP contribution in [0.1, 0.15) is 5.56 Å². The minimum Gasteiger partial charge on any atom is -0.137 e. The SMILES string of the molecule is Cc1cc(-c2nnc(I)s2)ccc1Cl. The van der Waals surface area contributed by atoms with Crippen molar-refractivity contribution in [3.05, 3.63) is 31.8 Å². The van der Waals surface area contributed by atoms with Crippen molar-refractivity contribution in [2.75, 3.05) is 0 Å². The first-order valence-electron chi connectivity index (χ1n) is 3.92. The van der Waals surface area contributed by atoms with Crippen LogP contribution in [0.25, 0.3) is 10.6 Å². The van der Waals surface area contributed by atoms with Gasteiger partial charge in [-0.2, -0.15) is 0 Å². The van der Waals surface area contributed by atoms with Crippen LogP contribution in [0.5, 0.6) is 0 Å². The summed E-state index contributed by atoms with van der Waals surface area (Å²) in [5.41, 5.74) is 2.14. The molecule has 1 heterocycles. The van der Waals surface area contributed by atoms with Gasteiger partial charge in [0.25, 0.3) is 0 Å². The summed E-state index contributed by atoms with van der Waals surface area (Å²) in [6, 6.07) is 5.88. The van der Waals surface area contributed by atoms with Gasteiger partial charge >= 0.3 is 0 Å². The lowest BCUT2D eigenvalue weighted by Gasteiger charge is -1.99. The van der Waals surface area contributed by atoms with Crippen molar-refractivity contribution >= 4 is 45.5 Å². The predicted molar refractivity (Wildman–Crippen MR) is 67.8 cm³/mol. The van der Waals surface area contributed by atoms with Crippen LogP contribution < -0.4 is 0 Å². The highest BCUT2D eigenvalue weighted by Crippen LogP contribution is 2.27. The molecule has 0 amide bonds. The molecule has 0 fully saturated rings. The Morgan fingerprint density at radius 3 is 2.71 bits per heavy atom. The summed E-state index contributed by atoms with van der Waals surface area (Å²) in [6.07, 6.45) is 0. The zero-order chi connectivity index (χ0) is 10.1. The first kappa shape index (κ1) is 10.3. The fraction of sp³-hybridized carbons (Fsp3) is 0.111. The maximum atomic E-state index is 5.94.